The highest BCUT2D eigenvalue weighted by atomic mass is 16.8. The topological polar surface area (TPSA) is 340 Å². The molecule has 123 heavy (non-hydrogen) atoms. The molecule has 14 rings (SSSR count). The average molecular weight is 1730 g/mol. The number of rotatable bonds is 15. The van der Waals surface area contributed by atoms with E-state index in [1.165, 1.54) is 0 Å². The number of hydrogen-bond donors (Lipinski definition) is 6. The van der Waals surface area contributed by atoms with Gasteiger partial charge in [0.15, 0.2) is 36.7 Å². The van der Waals surface area contributed by atoms with Crippen LogP contribution in [0.4, 0.5) is 0 Å². The molecular weight excluding hydrogens is 1590 g/mol. The van der Waals surface area contributed by atoms with Crippen LogP contribution in [0.2, 0.25) is 0 Å². The Morgan fingerprint density at radius 1 is 0.455 bits per heavy atom. The third kappa shape index (κ3) is 20.6. The molecule has 28 heteroatoms. The minimum Gasteiger partial charge on any atom is -0.462 e. The Hall–Kier alpha value is -4.62. The lowest BCUT2D eigenvalue weighted by Gasteiger charge is -2.48. The van der Waals surface area contributed by atoms with Crippen molar-refractivity contribution in [3.05, 3.63) is 119 Å². The minimum atomic E-state index is -1.84. The van der Waals surface area contributed by atoms with E-state index in [0.717, 1.165) is 17.6 Å². The van der Waals surface area contributed by atoms with Gasteiger partial charge >= 0.3 is 11.9 Å². The monoisotopic (exact) mass is 1730 g/mol. The Morgan fingerprint density at radius 2 is 0.829 bits per heavy atom. The van der Waals surface area contributed by atoms with E-state index in [1.54, 1.807) is 80.4 Å². The van der Waals surface area contributed by atoms with Crippen molar-refractivity contribution in [2.24, 2.45) is 47.3 Å². The van der Waals surface area contributed by atoms with Crippen molar-refractivity contribution in [2.75, 3.05) is 41.7 Å². The number of aliphatic hydroxyl groups excluding tert-OH is 4. The van der Waals surface area contributed by atoms with Crippen molar-refractivity contribution in [2.45, 2.75) is 376 Å². The van der Waals surface area contributed by atoms with Gasteiger partial charge in [0.25, 0.3) is 0 Å². The number of aliphatic hydroxyl groups is 6. The Balaban J connectivity index is 0.000000212. The van der Waals surface area contributed by atoms with Gasteiger partial charge in [0.05, 0.1) is 98.7 Å². The Bertz CT molecular complexity index is 3920. The summed E-state index contributed by atoms with van der Waals surface area (Å²) in [4.78, 5) is 28.6. The third-order valence-corrected chi connectivity index (χ3v) is 28.5. The molecule has 0 saturated carbocycles. The molecule has 2 aliphatic carbocycles. The second kappa shape index (κ2) is 40.4. The first-order valence-corrected chi connectivity index (χ1v) is 45.2. The van der Waals surface area contributed by atoms with E-state index in [1.807, 2.05) is 64.2 Å². The van der Waals surface area contributed by atoms with Crippen LogP contribution in [-0.2, 0) is 104 Å². The van der Waals surface area contributed by atoms with Crippen molar-refractivity contribution in [3.63, 3.8) is 0 Å². The van der Waals surface area contributed by atoms with Gasteiger partial charge in [-0.3, -0.25) is 9.59 Å². The van der Waals surface area contributed by atoms with Gasteiger partial charge in [-0.2, -0.15) is 0 Å². The lowest BCUT2D eigenvalue weighted by Crippen LogP contribution is -2.58. The molecule has 0 aromatic rings. The molecule has 2 spiro atoms. The normalized spacial score (nSPS) is 48.8. The molecule has 6 N–H and O–H groups in total. The molecule has 1 unspecified atom stereocenters. The first-order valence-electron chi connectivity index (χ1n) is 45.2. The summed E-state index contributed by atoms with van der Waals surface area (Å²) in [5, 5.41) is 68.4. The molecule has 28 nitrogen and oxygen atoms in total. The van der Waals surface area contributed by atoms with E-state index in [-0.39, 0.29) is 85.3 Å². The Kier molecular flexibility index (Phi) is 31.5. The maximum absolute atomic E-state index is 14.3. The summed E-state index contributed by atoms with van der Waals surface area (Å²) in [5.74, 6) is -5.18. The molecule has 8 saturated heterocycles. The number of carbonyl (C=O) groups excluding carboxylic acids is 2. The molecule has 690 valence electrons. The molecular formula is C95H142O28. The number of carbonyl (C=O) groups is 2. The van der Waals surface area contributed by atoms with E-state index in [2.05, 4.69) is 79.7 Å². The zero-order valence-electron chi connectivity index (χ0n) is 75.7. The van der Waals surface area contributed by atoms with Crippen LogP contribution in [0.5, 0.6) is 0 Å². The number of esters is 2. The number of hydrogen-bond acceptors (Lipinski definition) is 28. The van der Waals surface area contributed by atoms with Crippen LogP contribution in [-0.4, -0.2) is 279 Å². The second-order valence-electron chi connectivity index (χ2n) is 37.8. The summed E-state index contributed by atoms with van der Waals surface area (Å²) in [6, 6.07) is 0. The largest absolute Gasteiger partial charge is 0.462 e. The second-order valence-corrected chi connectivity index (χ2v) is 37.8. The molecule has 0 aromatic carbocycles. The number of methoxy groups -OCH3 is 4. The lowest BCUT2D eigenvalue weighted by molar-refractivity contribution is -0.318. The maximum Gasteiger partial charge on any atom is 0.316 e. The number of allylic oxidation sites excluding steroid dienone is 4. The standard InChI is InChI=1S/C48H72O14.C47H70O14/c1-11-25(2)43-28(5)17-18-47(62-43)23-34-20-33(61-47)16-15-27(4)42(26(3)13-12-14-32-24-55-45-40(49)29(6)19-35(46(51)58-34)48(32,45)52)59-39-22-37(54-10)44(31(8)57-39)60-38-21-36(53-9)41(50)30(7)56-38;1-24(2)41-27(5)16-17-46(61-41)22-33-19-32(60-46)15-14-26(4)42(25(3)12-11-13-31-23-54-44-39(48)28(6)18-34(45(50)57-33)47(31,44)51)58-38-21-36(53-10)43(30(8)56-38)59-37-20-35(52-9)40(49)29(7)55-37/h12-15,17-19,25-26,28,30-31,33-45,49-50,52H,11,16,20-24H2,1-10H3;11-14,16-18,24-25,27,29-30,32-44,48-49,51H,15,19-23H2,1-10H3/b13-12+,27-15+,32-14?;12-11+,26-14+,31-13+/t25?,26-,28-,30-,31-,33+,34-,35-,36-,37-,38-,39-,40+,41-,42-,43+,44-,45+,47+,48+;25-,27-,29-,30-,32+,33-,34-,35-,36-,37-,38-,39+,40-,41+,42-,43-,44+,46+,47+/m00/s1. The van der Waals surface area contributed by atoms with Gasteiger partial charge in [0, 0.05) is 103 Å². The molecule has 12 heterocycles. The summed E-state index contributed by atoms with van der Waals surface area (Å²) in [7, 11) is 6.44. The van der Waals surface area contributed by atoms with Crippen LogP contribution in [0.3, 0.4) is 0 Å². The fourth-order valence-corrected chi connectivity index (χ4v) is 21.0. The molecule has 0 aromatic heterocycles. The van der Waals surface area contributed by atoms with Gasteiger partial charge < -0.3 is 125 Å². The molecule has 12 aliphatic heterocycles. The molecule has 39 atom stereocenters. The van der Waals surface area contributed by atoms with Gasteiger partial charge in [0.1, 0.15) is 84.1 Å². The van der Waals surface area contributed by atoms with Crippen LogP contribution in [0, 0.1) is 47.3 Å². The maximum atomic E-state index is 14.3. The molecule has 14 aliphatic rings. The van der Waals surface area contributed by atoms with Crippen molar-refractivity contribution >= 4 is 11.9 Å². The Labute approximate surface area is 726 Å². The van der Waals surface area contributed by atoms with Gasteiger partial charge in [-0.05, 0) is 126 Å². The van der Waals surface area contributed by atoms with Gasteiger partial charge in [0.2, 0.25) is 0 Å². The van der Waals surface area contributed by atoms with Gasteiger partial charge in [-0.15, -0.1) is 0 Å². The molecule has 8 fully saturated rings. The van der Waals surface area contributed by atoms with Crippen LogP contribution < -0.4 is 0 Å². The lowest BCUT2D eigenvalue weighted by atomic mass is 9.71. The van der Waals surface area contributed by atoms with Crippen molar-refractivity contribution < 1.29 is 135 Å². The highest BCUT2D eigenvalue weighted by Crippen LogP contribution is 2.51. The number of ether oxygens (including phenoxy) is 20. The molecule has 4 bridgehead atoms. The number of fused-ring (bicyclic) bond motifs is 4. The zero-order chi connectivity index (χ0) is 88.6. The predicted octanol–water partition coefficient (Wildman–Crippen LogP) is 10.4. The van der Waals surface area contributed by atoms with Crippen LogP contribution >= 0.6 is 0 Å². The predicted molar refractivity (Wildman–Crippen MR) is 450 cm³/mol. The van der Waals surface area contributed by atoms with E-state index in [0.29, 0.717) is 86.5 Å². The van der Waals surface area contributed by atoms with Gasteiger partial charge in [-0.1, -0.05) is 135 Å². The smallest absolute Gasteiger partial charge is 0.316 e. The summed E-state index contributed by atoms with van der Waals surface area (Å²) in [6.07, 6.45) is 16.1. The summed E-state index contributed by atoms with van der Waals surface area (Å²) in [5.41, 5.74) is 0.263. The van der Waals surface area contributed by atoms with Gasteiger partial charge in [-0.25, -0.2) is 0 Å². The quantitative estimate of drug-likeness (QED) is 0.0655. The van der Waals surface area contributed by atoms with Crippen LogP contribution in [0.1, 0.15) is 181 Å². The van der Waals surface area contributed by atoms with Crippen molar-refractivity contribution in [1.82, 2.24) is 0 Å². The summed E-state index contributed by atoms with van der Waals surface area (Å²) >= 11 is 0. The average Bonchev–Trinajstić information content (AvgIpc) is 1.61. The van der Waals surface area contributed by atoms with E-state index in [4.69, 9.17) is 94.7 Å². The first kappa shape index (κ1) is 95.9. The fourth-order valence-electron chi connectivity index (χ4n) is 21.0. The fraction of sp³-hybridized carbons (Fsp3) is 0.768. The van der Waals surface area contributed by atoms with E-state index < -0.39 is 182 Å². The van der Waals surface area contributed by atoms with Crippen molar-refractivity contribution in [1.29, 1.82) is 0 Å². The molecule has 0 radical (unpaired) electrons. The summed E-state index contributed by atoms with van der Waals surface area (Å²) < 4.78 is 127. The minimum absolute atomic E-state index is 0.0313. The van der Waals surface area contributed by atoms with Crippen LogP contribution in [0.25, 0.3) is 0 Å². The highest BCUT2D eigenvalue weighted by molar-refractivity contribution is 5.79. The summed E-state index contributed by atoms with van der Waals surface area (Å²) in [6.45, 7) is 32.1. The first-order chi connectivity index (χ1) is 58.5. The molecule has 0 amide bonds. The van der Waals surface area contributed by atoms with E-state index >= 15 is 0 Å². The van der Waals surface area contributed by atoms with Crippen LogP contribution in [0.15, 0.2) is 119 Å². The Morgan fingerprint density at radius 3 is 1.22 bits per heavy atom. The highest BCUT2D eigenvalue weighted by Gasteiger charge is 2.63. The zero-order valence-corrected chi connectivity index (χ0v) is 75.7. The SMILES string of the molecule is CCC(C)[C@H]1O[C@]2(C=C[C@@H]1C)C[C@@H]1C[C@@H](C/C=C(\C)[C@@H](O[C@H]3C[C@H](OC)[C@@H](O[C@H]4C[C@H](OC)[C@@H](O)[C@H](C)O4)[C@H](C)O3)[C@@H](C)/C=C/C=C3CO[C@@H]4[C@H](O)C(C)=C[C@@H](C(=O)O1)[C@]34O)O2.CO[C@H]1C[C@H](O[C@H]2[C@H](C)O[C@@H](O[C@@H]3/C(C)=C/C[C@@H]4C[C@@H](C[C@]5(C=C[C@H](C)[C@@H](C(C)C)O5)O4)OC(=O)[C@@H]4C=C(C)[C@@H](O)[C@H]5OC/C(=C\C=C\[C@@H]3C)[C@]54O)C[C@@H]2OC)O[C@@H](C)[C@@H]1O. The van der Waals surface area contributed by atoms with E-state index in [9.17, 15) is 40.2 Å². The van der Waals surface area contributed by atoms with Crippen molar-refractivity contribution in [3.8, 4) is 0 Å². The third-order valence-electron chi connectivity index (χ3n) is 28.5.